The van der Waals surface area contributed by atoms with Gasteiger partial charge in [0.1, 0.15) is 6.61 Å². The number of rotatable bonds is 4. The first kappa shape index (κ1) is 13.6. The number of ether oxygens (including phenoxy) is 1. The van der Waals surface area contributed by atoms with E-state index in [2.05, 4.69) is 16.9 Å². The molecule has 1 unspecified atom stereocenters. The van der Waals surface area contributed by atoms with Gasteiger partial charge in [0, 0.05) is 18.7 Å². The van der Waals surface area contributed by atoms with Gasteiger partial charge in [0.05, 0.1) is 10.7 Å². The second-order valence-electron chi connectivity index (χ2n) is 4.72. The van der Waals surface area contributed by atoms with Crippen LogP contribution in [0.25, 0.3) is 0 Å². The Morgan fingerprint density at radius 1 is 1.50 bits per heavy atom. The maximum Gasteiger partial charge on any atom is 0.213 e. The summed E-state index contributed by atoms with van der Waals surface area (Å²) in [6.45, 7) is 2.16. The SMILES string of the molecule is CN1CCCCC1COc1ccc(Cl)c(CN)n1. The highest BCUT2D eigenvalue weighted by Gasteiger charge is 2.19. The van der Waals surface area contributed by atoms with Crippen molar-refractivity contribution in [3.8, 4) is 5.88 Å². The molecule has 0 radical (unpaired) electrons. The standard InChI is InChI=1S/C13H20ClN3O/c1-17-7-3-2-4-10(17)9-18-13-6-5-11(14)12(8-15)16-13/h5-6,10H,2-4,7-9,15H2,1H3. The van der Waals surface area contributed by atoms with Gasteiger partial charge in [0.15, 0.2) is 0 Å². The van der Waals surface area contributed by atoms with Crippen LogP contribution in [0.1, 0.15) is 25.0 Å². The number of hydrogen-bond donors (Lipinski definition) is 1. The van der Waals surface area contributed by atoms with E-state index in [4.69, 9.17) is 22.1 Å². The lowest BCUT2D eigenvalue weighted by Crippen LogP contribution is -2.40. The predicted octanol–water partition coefficient (Wildman–Crippen LogP) is 2.06. The van der Waals surface area contributed by atoms with Crippen LogP contribution in [0, 0.1) is 0 Å². The molecular formula is C13H20ClN3O. The Hall–Kier alpha value is -0.840. The van der Waals surface area contributed by atoms with Gasteiger partial charge in [0.25, 0.3) is 0 Å². The van der Waals surface area contributed by atoms with Crippen molar-refractivity contribution in [1.29, 1.82) is 0 Å². The first-order valence-corrected chi connectivity index (χ1v) is 6.77. The molecule has 2 heterocycles. The van der Waals surface area contributed by atoms with Crippen LogP contribution in [0.3, 0.4) is 0 Å². The summed E-state index contributed by atoms with van der Waals surface area (Å²) in [5.74, 6) is 0.610. The summed E-state index contributed by atoms with van der Waals surface area (Å²) in [7, 11) is 2.15. The van der Waals surface area contributed by atoms with Gasteiger partial charge in [-0.15, -0.1) is 0 Å². The molecular weight excluding hydrogens is 250 g/mol. The van der Waals surface area contributed by atoms with Gasteiger partial charge < -0.3 is 15.4 Å². The summed E-state index contributed by atoms with van der Waals surface area (Å²) >= 11 is 5.96. The highest BCUT2D eigenvalue weighted by Crippen LogP contribution is 2.19. The Kier molecular flexibility index (Phi) is 4.80. The first-order valence-electron chi connectivity index (χ1n) is 6.39. The van der Waals surface area contributed by atoms with Gasteiger partial charge in [-0.3, -0.25) is 0 Å². The van der Waals surface area contributed by atoms with E-state index in [-0.39, 0.29) is 0 Å². The molecule has 5 heteroatoms. The Balaban J connectivity index is 1.93. The molecule has 1 atom stereocenters. The predicted molar refractivity (Wildman–Crippen MR) is 72.9 cm³/mol. The molecule has 100 valence electrons. The number of hydrogen-bond acceptors (Lipinski definition) is 4. The topological polar surface area (TPSA) is 51.4 Å². The van der Waals surface area contributed by atoms with Gasteiger partial charge in [0.2, 0.25) is 5.88 Å². The van der Waals surface area contributed by atoms with E-state index < -0.39 is 0 Å². The van der Waals surface area contributed by atoms with Gasteiger partial charge >= 0.3 is 0 Å². The largest absolute Gasteiger partial charge is 0.476 e. The van der Waals surface area contributed by atoms with Crippen molar-refractivity contribution in [1.82, 2.24) is 9.88 Å². The molecule has 18 heavy (non-hydrogen) atoms. The second kappa shape index (κ2) is 6.36. The van der Waals surface area contributed by atoms with Crippen molar-refractivity contribution >= 4 is 11.6 Å². The van der Waals surface area contributed by atoms with E-state index in [0.29, 0.717) is 35.8 Å². The Morgan fingerprint density at radius 2 is 2.33 bits per heavy atom. The zero-order valence-electron chi connectivity index (χ0n) is 10.7. The van der Waals surface area contributed by atoms with Crippen LogP contribution in [0.2, 0.25) is 5.02 Å². The van der Waals surface area contributed by atoms with Crippen molar-refractivity contribution in [2.24, 2.45) is 5.73 Å². The third-order valence-corrected chi connectivity index (χ3v) is 3.78. The zero-order chi connectivity index (χ0) is 13.0. The molecule has 0 aliphatic carbocycles. The lowest BCUT2D eigenvalue weighted by Gasteiger charge is -2.31. The highest BCUT2D eigenvalue weighted by atomic mass is 35.5. The number of halogens is 1. The van der Waals surface area contributed by atoms with Crippen molar-refractivity contribution in [2.45, 2.75) is 31.8 Å². The maximum absolute atomic E-state index is 5.96. The van der Waals surface area contributed by atoms with E-state index in [9.17, 15) is 0 Å². The summed E-state index contributed by atoms with van der Waals surface area (Å²) in [6, 6.07) is 4.07. The van der Waals surface area contributed by atoms with Crippen LogP contribution in [-0.2, 0) is 6.54 Å². The number of nitrogens with zero attached hydrogens (tertiary/aromatic N) is 2. The van der Waals surface area contributed by atoms with Crippen LogP contribution in [0.5, 0.6) is 5.88 Å². The van der Waals surface area contributed by atoms with Crippen LogP contribution in [-0.4, -0.2) is 36.1 Å². The zero-order valence-corrected chi connectivity index (χ0v) is 11.5. The van der Waals surface area contributed by atoms with Gasteiger partial charge in [-0.25, -0.2) is 4.98 Å². The van der Waals surface area contributed by atoms with E-state index in [1.54, 1.807) is 12.1 Å². The molecule has 1 aromatic rings. The fraction of sp³-hybridized carbons (Fsp3) is 0.615. The molecule has 0 aromatic carbocycles. The molecule has 2 rings (SSSR count). The molecule has 0 amide bonds. The first-order chi connectivity index (χ1) is 8.70. The molecule has 4 nitrogen and oxygen atoms in total. The van der Waals surface area contributed by atoms with Crippen molar-refractivity contribution in [3.63, 3.8) is 0 Å². The van der Waals surface area contributed by atoms with Crippen LogP contribution >= 0.6 is 11.6 Å². The van der Waals surface area contributed by atoms with Crippen molar-refractivity contribution in [2.75, 3.05) is 20.2 Å². The minimum absolute atomic E-state index is 0.333. The number of pyridine rings is 1. The number of likely N-dealkylation sites (N-methyl/N-ethyl adjacent to an activating group) is 1. The minimum Gasteiger partial charge on any atom is -0.476 e. The molecule has 1 saturated heterocycles. The fourth-order valence-electron chi connectivity index (χ4n) is 2.22. The average Bonchev–Trinajstić information content (AvgIpc) is 2.39. The number of aromatic nitrogens is 1. The Labute approximate surface area is 113 Å². The lowest BCUT2D eigenvalue weighted by molar-refractivity contribution is 0.122. The van der Waals surface area contributed by atoms with Crippen LogP contribution in [0.4, 0.5) is 0 Å². The smallest absolute Gasteiger partial charge is 0.213 e. The Morgan fingerprint density at radius 3 is 3.06 bits per heavy atom. The molecule has 0 saturated carbocycles. The molecule has 2 N–H and O–H groups in total. The molecule has 0 bridgehead atoms. The average molecular weight is 270 g/mol. The van der Waals surface area contributed by atoms with Crippen molar-refractivity contribution in [3.05, 3.63) is 22.8 Å². The summed E-state index contributed by atoms with van der Waals surface area (Å²) in [5.41, 5.74) is 6.26. The second-order valence-corrected chi connectivity index (χ2v) is 5.13. The molecule has 1 aromatic heterocycles. The van der Waals surface area contributed by atoms with Gasteiger partial charge in [-0.2, -0.15) is 0 Å². The summed E-state index contributed by atoms with van der Waals surface area (Å²) in [6.07, 6.45) is 3.75. The maximum atomic E-state index is 5.96. The van der Waals surface area contributed by atoms with E-state index in [0.717, 1.165) is 6.54 Å². The number of nitrogens with two attached hydrogens (primary N) is 1. The summed E-state index contributed by atoms with van der Waals surface area (Å²) < 4.78 is 5.75. The van der Waals surface area contributed by atoms with Gasteiger partial charge in [-0.1, -0.05) is 18.0 Å². The molecule has 1 aliphatic heterocycles. The molecule has 1 aliphatic rings. The summed E-state index contributed by atoms with van der Waals surface area (Å²) in [4.78, 5) is 6.65. The Bertz CT molecular complexity index is 400. The lowest BCUT2D eigenvalue weighted by atomic mass is 10.0. The van der Waals surface area contributed by atoms with Gasteiger partial charge in [-0.05, 0) is 32.5 Å². The minimum atomic E-state index is 0.333. The van der Waals surface area contributed by atoms with E-state index in [1.165, 1.54) is 19.3 Å². The molecule has 0 spiro atoms. The van der Waals surface area contributed by atoms with E-state index in [1.807, 2.05) is 0 Å². The monoisotopic (exact) mass is 269 g/mol. The normalized spacial score (nSPS) is 20.9. The fourth-order valence-corrected chi connectivity index (χ4v) is 2.41. The van der Waals surface area contributed by atoms with E-state index >= 15 is 0 Å². The molecule has 1 fully saturated rings. The highest BCUT2D eigenvalue weighted by molar-refractivity contribution is 6.31. The van der Waals surface area contributed by atoms with Crippen LogP contribution < -0.4 is 10.5 Å². The third kappa shape index (κ3) is 3.34. The number of likely N-dealkylation sites (tertiary alicyclic amines) is 1. The third-order valence-electron chi connectivity index (χ3n) is 3.43. The quantitative estimate of drug-likeness (QED) is 0.909. The van der Waals surface area contributed by atoms with Crippen molar-refractivity contribution < 1.29 is 4.74 Å². The summed E-state index contributed by atoms with van der Waals surface area (Å²) in [5, 5.41) is 0.597. The number of piperidine rings is 1. The van der Waals surface area contributed by atoms with Crippen LogP contribution in [0.15, 0.2) is 12.1 Å².